The first-order chi connectivity index (χ1) is 7.54. The highest BCUT2D eigenvalue weighted by Gasteiger charge is 2.10. The lowest BCUT2D eigenvalue weighted by Crippen LogP contribution is -2.21. The molecule has 1 aromatic carbocycles. The number of aliphatic hydroxyl groups is 1. The Morgan fingerprint density at radius 1 is 1.44 bits per heavy atom. The van der Waals surface area contributed by atoms with Crippen LogP contribution in [-0.2, 0) is 0 Å². The largest absolute Gasteiger partial charge is 0.393 e. The molecule has 0 fully saturated rings. The molecule has 3 nitrogen and oxygen atoms in total. The molecule has 1 aromatic rings. The van der Waals surface area contributed by atoms with E-state index in [0.717, 1.165) is 11.3 Å². The maximum absolute atomic E-state index is 9.29. The molecule has 1 rings (SSSR count). The Kier molecular flexibility index (Phi) is 4.33. The smallest absolute Gasteiger partial charge is 0.101 e. The number of hydrogen-bond acceptors (Lipinski definition) is 3. The number of hydrogen-bond donors (Lipinski definition) is 2. The molecular formula is C13H18N2O. The highest BCUT2D eigenvalue weighted by Crippen LogP contribution is 2.21. The number of nitrogens with one attached hydrogen (secondary N) is 1. The molecule has 0 aliphatic carbocycles. The zero-order valence-electron chi connectivity index (χ0n) is 9.99. The van der Waals surface area contributed by atoms with E-state index in [9.17, 15) is 5.11 Å². The highest BCUT2D eigenvalue weighted by atomic mass is 16.3. The van der Waals surface area contributed by atoms with Crippen molar-refractivity contribution >= 4 is 5.69 Å². The van der Waals surface area contributed by atoms with E-state index in [4.69, 9.17) is 5.26 Å². The van der Waals surface area contributed by atoms with E-state index in [0.29, 0.717) is 12.0 Å². The lowest BCUT2D eigenvalue weighted by atomic mass is 10.1. The summed E-state index contributed by atoms with van der Waals surface area (Å²) in [6.45, 7) is 5.74. The van der Waals surface area contributed by atoms with Crippen LogP contribution in [0.3, 0.4) is 0 Å². The Morgan fingerprint density at radius 2 is 2.12 bits per heavy atom. The number of para-hydroxylation sites is 1. The fourth-order valence-corrected chi connectivity index (χ4v) is 1.77. The number of nitrogens with zero attached hydrogens (tertiary/aromatic N) is 1. The van der Waals surface area contributed by atoms with E-state index in [-0.39, 0.29) is 12.1 Å². The average molecular weight is 218 g/mol. The summed E-state index contributed by atoms with van der Waals surface area (Å²) in [6.07, 6.45) is 0.330. The molecule has 0 aliphatic rings. The molecule has 0 heterocycles. The Hall–Kier alpha value is -1.53. The van der Waals surface area contributed by atoms with Crippen LogP contribution in [0.2, 0.25) is 0 Å². The summed E-state index contributed by atoms with van der Waals surface area (Å²) in [5.41, 5.74) is 2.58. The van der Waals surface area contributed by atoms with Crippen molar-refractivity contribution in [3.05, 3.63) is 29.3 Å². The molecule has 0 amide bonds. The average Bonchev–Trinajstić information content (AvgIpc) is 2.20. The predicted octanol–water partition coefficient (Wildman–Crippen LogP) is 2.44. The molecule has 2 atom stereocenters. The van der Waals surface area contributed by atoms with Crippen molar-refractivity contribution in [2.24, 2.45) is 0 Å². The van der Waals surface area contributed by atoms with Gasteiger partial charge in [0.05, 0.1) is 17.4 Å². The minimum absolute atomic E-state index is 0.146. The maximum Gasteiger partial charge on any atom is 0.101 e. The van der Waals surface area contributed by atoms with Gasteiger partial charge in [-0.3, -0.25) is 0 Å². The monoisotopic (exact) mass is 218 g/mol. The molecule has 16 heavy (non-hydrogen) atoms. The van der Waals surface area contributed by atoms with Gasteiger partial charge in [-0.1, -0.05) is 12.1 Å². The first-order valence-corrected chi connectivity index (χ1v) is 5.49. The molecule has 0 spiro atoms. The normalized spacial score (nSPS) is 13.9. The van der Waals surface area contributed by atoms with E-state index >= 15 is 0 Å². The van der Waals surface area contributed by atoms with Crippen LogP contribution < -0.4 is 5.32 Å². The Labute approximate surface area is 96.7 Å². The molecule has 0 bridgehead atoms. The zero-order valence-corrected chi connectivity index (χ0v) is 9.99. The fourth-order valence-electron chi connectivity index (χ4n) is 1.77. The van der Waals surface area contributed by atoms with Crippen molar-refractivity contribution in [1.29, 1.82) is 5.26 Å². The van der Waals surface area contributed by atoms with Crippen molar-refractivity contribution in [1.82, 2.24) is 0 Å². The Bertz CT molecular complexity index is 393. The van der Waals surface area contributed by atoms with E-state index in [2.05, 4.69) is 11.4 Å². The van der Waals surface area contributed by atoms with Gasteiger partial charge in [-0.05, 0) is 38.8 Å². The summed E-state index contributed by atoms with van der Waals surface area (Å²) >= 11 is 0. The van der Waals surface area contributed by atoms with Gasteiger partial charge >= 0.3 is 0 Å². The lowest BCUT2D eigenvalue weighted by molar-refractivity contribution is 0.179. The summed E-state index contributed by atoms with van der Waals surface area (Å²) in [6, 6.07) is 7.96. The number of benzene rings is 1. The molecule has 0 saturated heterocycles. The highest BCUT2D eigenvalue weighted by molar-refractivity contribution is 5.62. The SMILES string of the molecule is Cc1cccc(C#N)c1NC(C)CC(C)O. The number of anilines is 1. The third-order valence-corrected chi connectivity index (χ3v) is 2.48. The molecule has 2 unspecified atom stereocenters. The topological polar surface area (TPSA) is 56.0 Å². The molecule has 0 saturated carbocycles. The van der Waals surface area contributed by atoms with Crippen LogP contribution in [0.4, 0.5) is 5.69 Å². The minimum Gasteiger partial charge on any atom is -0.393 e. The predicted molar refractivity (Wildman–Crippen MR) is 65.3 cm³/mol. The van der Waals surface area contributed by atoms with Crippen molar-refractivity contribution < 1.29 is 5.11 Å². The third-order valence-electron chi connectivity index (χ3n) is 2.48. The number of aliphatic hydroxyl groups excluding tert-OH is 1. The Morgan fingerprint density at radius 3 is 2.69 bits per heavy atom. The van der Waals surface area contributed by atoms with Gasteiger partial charge in [-0.15, -0.1) is 0 Å². The first kappa shape index (κ1) is 12.5. The van der Waals surface area contributed by atoms with Gasteiger partial charge in [0.2, 0.25) is 0 Å². The zero-order chi connectivity index (χ0) is 12.1. The van der Waals surface area contributed by atoms with Crippen molar-refractivity contribution in [2.75, 3.05) is 5.32 Å². The van der Waals surface area contributed by atoms with Crippen LogP contribution in [-0.4, -0.2) is 17.3 Å². The lowest BCUT2D eigenvalue weighted by Gasteiger charge is -2.19. The van der Waals surface area contributed by atoms with Gasteiger partial charge in [-0.2, -0.15) is 5.26 Å². The Balaban J connectivity index is 2.84. The quantitative estimate of drug-likeness (QED) is 0.816. The molecule has 0 aliphatic heterocycles. The maximum atomic E-state index is 9.29. The van der Waals surface area contributed by atoms with Crippen LogP contribution in [0.15, 0.2) is 18.2 Å². The molecule has 86 valence electrons. The second-order valence-electron chi connectivity index (χ2n) is 4.24. The molecule has 0 aromatic heterocycles. The third kappa shape index (κ3) is 3.25. The van der Waals surface area contributed by atoms with Gasteiger partial charge in [0, 0.05) is 6.04 Å². The van der Waals surface area contributed by atoms with Gasteiger partial charge in [0.25, 0.3) is 0 Å². The van der Waals surface area contributed by atoms with Gasteiger partial charge in [0.1, 0.15) is 6.07 Å². The van der Waals surface area contributed by atoms with E-state index < -0.39 is 0 Å². The summed E-state index contributed by atoms with van der Waals surface area (Å²) < 4.78 is 0. The number of aryl methyl sites for hydroxylation is 1. The standard InChI is InChI=1S/C13H18N2O/c1-9-5-4-6-12(8-14)13(9)15-10(2)7-11(3)16/h4-6,10-11,15-16H,7H2,1-3H3. The van der Waals surface area contributed by atoms with Crippen LogP contribution in [0.5, 0.6) is 0 Å². The van der Waals surface area contributed by atoms with Gasteiger partial charge in [-0.25, -0.2) is 0 Å². The molecule has 2 N–H and O–H groups in total. The summed E-state index contributed by atoms with van der Waals surface area (Å²) in [7, 11) is 0. The fraction of sp³-hybridized carbons (Fsp3) is 0.462. The minimum atomic E-state index is -0.336. The van der Waals surface area contributed by atoms with E-state index in [1.807, 2.05) is 26.0 Å². The number of rotatable bonds is 4. The van der Waals surface area contributed by atoms with Crippen LogP contribution in [0.25, 0.3) is 0 Å². The van der Waals surface area contributed by atoms with Crippen molar-refractivity contribution in [3.63, 3.8) is 0 Å². The van der Waals surface area contributed by atoms with E-state index in [1.54, 1.807) is 13.0 Å². The molecule has 3 heteroatoms. The van der Waals surface area contributed by atoms with Gasteiger partial charge in [0.15, 0.2) is 0 Å². The summed E-state index contributed by atoms with van der Waals surface area (Å²) in [5, 5.41) is 21.6. The van der Waals surface area contributed by atoms with Crippen molar-refractivity contribution in [3.8, 4) is 6.07 Å². The number of nitriles is 1. The first-order valence-electron chi connectivity index (χ1n) is 5.49. The summed E-state index contributed by atoms with van der Waals surface area (Å²) in [5.74, 6) is 0. The second-order valence-corrected chi connectivity index (χ2v) is 4.24. The van der Waals surface area contributed by atoms with Crippen LogP contribution in [0, 0.1) is 18.3 Å². The van der Waals surface area contributed by atoms with Crippen LogP contribution >= 0.6 is 0 Å². The van der Waals surface area contributed by atoms with Gasteiger partial charge < -0.3 is 10.4 Å². The van der Waals surface area contributed by atoms with E-state index in [1.165, 1.54) is 0 Å². The second kappa shape index (κ2) is 5.53. The molecular weight excluding hydrogens is 200 g/mol. The van der Waals surface area contributed by atoms with Crippen LogP contribution in [0.1, 0.15) is 31.4 Å². The van der Waals surface area contributed by atoms with Crippen molar-refractivity contribution in [2.45, 2.75) is 39.3 Å². The summed E-state index contributed by atoms with van der Waals surface area (Å²) in [4.78, 5) is 0. The molecule has 0 radical (unpaired) electrons.